The van der Waals surface area contributed by atoms with E-state index in [0.29, 0.717) is 17.9 Å². The van der Waals surface area contributed by atoms with Crippen LogP contribution < -0.4 is 14.4 Å². The van der Waals surface area contributed by atoms with Crippen molar-refractivity contribution in [3.05, 3.63) is 78.4 Å². The predicted molar refractivity (Wildman–Crippen MR) is 151 cm³/mol. The largest absolute Gasteiger partial charge is 0.494 e. The summed E-state index contributed by atoms with van der Waals surface area (Å²) in [4.78, 5) is 29.6. The van der Waals surface area contributed by atoms with Crippen LogP contribution in [0.1, 0.15) is 50.4 Å². The summed E-state index contributed by atoms with van der Waals surface area (Å²) in [7, 11) is 0. The van der Waals surface area contributed by atoms with E-state index in [1.165, 1.54) is 0 Å². The molecule has 39 heavy (non-hydrogen) atoms. The normalized spacial score (nSPS) is 17.5. The lowest BCUT2D eigenvalue weighted by molar-refractivity contribution is -0.160. The average Bonchev–Trinajstić information content (AvgIpc) is 3.40. The number of anilines is 1. The Morgan fingerprint density at radius 1 is 1.00 bits per heavy atom. The number of benzene rings is 3. The Morgan fingerprint density at radius 2 is 1.77 bits per heavy atom. The molecule has 0 aliphatic carbocycles. The van der Waals surface area contributed by atoms with Gasteiger partial charge in [0.05, 0.1) is 12.2 Å². The number of nitrogens with zero attached hydrogens (tertiary/aromatic N) is 2. The lowest BCUT2D eigenvalue weighted by Gasteiger charge is -2.29. The molecule has 3 aromatic rings. The summed E-state index contributed by atoms with van der Waals surface area (Å²) < 4.78 is 17.5. The van der Waals surface area contributed by atoms with Crippen LogP contribution in [0.15, 0.2) is 72.8 Å². The number of rotatable bonds is 8. The number of likely N-dealkylation sites (tertiary alicyclic amines) is 1. The molecule has 204 valence electrons. The number of carbonyl (C=O) groups excluding carboxylic acids is 2. The van der Waals surface area contributed by atoms with E-state index in [0.717, 1.165) is 54.9 Å². The van der Waals surface area contributed by atoms with Gasteiger partial charge in [0, 0.05) is 12.2 Å². The van der Waals surface area contributed by atoms with Crippen LogP contribution in [-0.2, 0) is 9.53 Å². The van der Waals surface area contributed by atoms with Gasteiger partial charge in [-0.15, -0.1) is 0 Å². The van der Waals surface area contributed by atoms with Crippen molar-refractivity contribution in [2.45, 2.75) is 51.7 Å². The van der Waals surface area contributed by atoms with E-state index in [1.54, 1.807) is 4.90 Å². The van der Waals surface area contributed by atoms with Gasteiger partial charge in [-0.05, 0) is 94.1 Å². The van der Waals surface area contributed by atoms with Crippen molar-refractivity contribution < 1.29 is 23.8 Å². The number of ether oxygens (including phenoxy) is 3. The third-order valence-electron chi connectivity index (χ3n) is 6.96. The van der Waals surface area contributed by atoms with Crippen molar-refractivity contribution in [3.63, 3.8) is 0 Å². The molecule has 0 unspecified atom stereocenters. The van der Waals surface area contributed by atoms with Crippen LogP contribution >= 0.6 is 0 Å². The van der Waals surface area contributed by atoms with Gasteiger partial charge in [0.2, 0.25) is 0 Å². The van der Waals surface area contributed by atoms with Crippen molar-refractivity contribution in [3.8, 4) is 22.6 Å². The standard InChI is InChI=1S/C32H36N2O5/c1-32(2,3)39-31(36)28-11-7-18-33(28)19-8-20-37-26-15-13-25(14-16-26)34-22-38-29-21-24(12-17-27(29)30(34)35)23-9-5-4-6-10-23/h4-6,9-10,12-17,21,28H,7-8,11,18-20,22H2,1-3H3/t28-/m0/s1. The fourth-order valence-electron chi connectivity index (χ4n) is 5.07. The van der Waals surface area contributed by atoms with Crippen LogP contribution in [0.3, 0.4) is 0 Å². The number of hydrogen-bond donors (Lipinski definition) is 0. The number of amides is 1. The van der Waals surface area contributed by atoms with E-state index in [2.05, 4.69) is 4.90 Å². The molecule has 0 saturated carbocycles. The number of hydrogen-bond acceptors (Lipinski definition) is 6. The molecule has 2 aliphatic heterocycles. The summed E-state index contributed by atoms with van der Waals surface area (Å²) in [6, 6.07) is 23.1. The fraction of sp³-hybridized carbons (Fsp3) is 0.375. The lowest BCUT2D eigenvalue weighted by Crippen LogP contribution is -2.41. The minimum atomic E-state index is -0.471. The van der Waals surface area contributed by atoms with Crippen molar-refractivity contribution in [1.82, 2.24) is 4.90 Å². The van der Waals surface area contributed by atoms with Crippen molar-refractivity contribution in [2.24, 2.45) is 0 Å². The number of carbonyl (C=O) groups is 2. The molecular formula is C32H36N2O5. The first-order valence-corrected chi connectivity index (χ1v) is 13.6. The molecule has 0 bridgehead atoms. The Morgan fingerprint density at radius 3 is 2.51 bits per heavy atom. The zero-order chi connectivity index (χ0) is 27.4. The van der Waals surface area contributed by atoms with Gasteiger partial charge < -0.3 is 14.2 Å². The molecule has 7 nitrogen and oxygen atoms in total. The molecule has 0 aromatic heterocycles. The highest BCUT2D eigenvalue weighted by Gasteiger charge is 2.33. The summed E-state index contributed by atoms with van der Waals surface area (Å²) in [5.41, 5.74) is 2.93. The Kier molecular flexibility index (Phi) is 7.89. The smallest absolute Gasteiger partial charge is 0.323 e. The Labute approximate surface area is 230 Å². The van der Waals surface area contributed by atoms with Crippen molar-refractivity contribution in [1.29, 1.82) is 0 Å². The molecule has 1 fully saturated rings. The highest BCUT2D eigenvalue weighted by atomic mass is 16.6. The zero-order valence-corrected chi connectivity index (χ0v) is 22.9. The van der Waals surface area contributed by atoms with E-state index >= 15 is 0 Å². The van der Waals surface area contributed by atoms with Gasteiger partial charge in [0.25, 0.3) is 5.91 Å². The minimum Gasteiger partial charge on any atom is -0.494 e. The second-order valence-electron chi connectivity index (χ2n) is 11.0. The van der Waals surface area contributed by atoms with Crippen LogP contribution in [0.4, 0.5) is 5.69 Å². The van der Waals surface area contributed by atoms with E-state index in [9.17, 15) is 9.59 Å². The minimum absolute atomic E-state index is 0.0883. The first kappa shape index (κ1) is 26.8. The molecular weight excluding hydrogens is 492 g/mol. The maximum atomic E-state index is 13.2. The number of esters is 1. The van der Waals surface area contributed by atoms with Crippen LogP contribution in [0.5, 0.6) is 11.5 Å². The van der Waals surface area contributed by atoms with Crippen molar-refractivity contribution in [2.75, 3.05) is 31.3 Å². The van der Waals surface area contributed by atoms with Crippen LogP contribution in [0, 0.1) is 0 Å². The van der Waals surface area contributed by atoms with Gasteiger partial charge in [-0.1, -0.05) is 36.4 Å². The molecule has 0 radical (unpaired) electrons. The maximum absolute atomic E-state index is 13.2. The molecule has 1 atom stereocenters. The van der Waals surface area contributed by atoms with E-state index in [4.69, 9.17) is 14.2 Å². The van der Waals surface area contributed by atoms with Crippen LogP contribution in [0.25, 0.3) is 11.1 Å². The van der Waals surface area contributed by atoms with Gasteiger partial charge in [-0.25, -0.2) is 0 Å². The summed E-state index contributed by atoms with van der Waals surface area (Å²) in [6.45, 7) is 8.08. The topological polar surface area (TPSA) is 68.3 Å². The van der Waals surface area contributed by atoms with Crippen molar-refractivity contribution >= 4 is 17.6 Å². The zero-order valence-electron chi connectivity index (χ0n) is 22.9. The highest BCUT2D eigenvalue weighted by molar-refractivity contribution is 6.09. The molecule has 0 spiro atoms. The van der Waals surface area contributed by atoms with Gasteiger partial charge in [-0.3, -0.25) is 19.4 Å². The quantitative estimate of drug-likeness (QED) is 0.267. The molecule has 3 aromatic carbocycles. The van der Waals surface area contributed by atoms with Gasteiger partial charge >= 0.3 is 5.97 Å². The molecule has 0 N–H and O–H groups in total. The maximum Gasteiger partial charge on any atom is 0.323 e. The second-order valence-corrected chi connectivity index (χ2v) is 11.0. The van der Waals surface area contributed by atoms with E-state index in [1.807, 2.05) is 93.6 Å². The molecule has 2 aliphatic rings. The molecule has 1 amide bonds. The fourth-order valence-corrected chi connectivity index (χ4v) is 5.07. The van der Waals surface area contributed by atoms with Gasteiger partial charge in [-0.2, -0.15) is 0 Å². The lowest BCUT2D eigenvalue weighted by atomic mass is 10.0. The predicted octanol–water partition coefficient (Wildman–Crippen LogP) is 5.93. The summed E-state index contributed by atoms with van der Waals surface area (Å²) in [5, 5.41) is 0. The molecule has 2 heterocycles. The molecule has 5 rings (SSSR count). The summed E-state index contributed by atoms with van der Waals surface area (Å²) >= 11 is 0. The van der Waals surface area contributed by atoms with Gasteiger partial charge in [0.15, 0.2) is 6.73 Å². The molecule has 1 saturated heterocycles. The van der Waals surface area contributed by atoms with Gasteiger partial charge in [0.1, 0.15) is 23.1 Å². The SMILES string of the molecule is CC(C)(C)OC(=O)[C@@H]1CCCN1CCCOc1ccc(N2COc3cc(-c4ccccc4)ccc3C2=O)cc1. The first-order valence-electron chi connectivity index (χ1n) is 13.6. The average molecular weight is 529 g/mol. The molecule has 7 heteroatoms. The van der Waals surface area contributed by atoms with E-state index < -0.39 is 5.60 Å². The number of fused-ring (bicyclic) bond motifs is 1. The van der Waals surface area contributed by atoms with E-state index in [-0.39, 0.29) is 24.6 Å². The van der Waals surface area contributed by atoms with Crippen LogP contribution in [-0.4, -0.2) is 54.8 Å². The highest BCUT2D eigenvalue weighted by Crippen LogP contribution is 2.33. The summed E-state index contributed by atoms with van der Waals surface area (Å²) in [6.07, 6.45) is 2.65. The summed E-state index contributed by atoms with van der Waals surface area (Å²) in [5.74, 6) is 1.12. The second kappa shape index (κ2) is 11.5. The first-order chi connectivity index (χ1) is 18.8. The van der Waals surface area contributed by atoms with Crippen LogP contribution in [0.2, 0.25) is 0 Å². The Hall–Kier alpha value is -3.84. The Bertz CT molecular complexity index is 1300. The third-order valence-corrected chi connectivity index (χ3v) is 6.96. The Balaban J connectivity index is 1.13. The monoisotopic (exact) mass is 528 g/mol. The third kappa shape index (κ3) is 6.42.